The molecule has 1 aromatic carbocycles. The lowest BCUT2D eigenvalue weighted by molar-refractivity contribution is 0.463. The average molecular weight is 189 g/mol. The number of carbonyl (C=O) groups excluding carboxylic acids is 1. The molecule has 0 bridgehead atoms. The van der Waals surface area contributed by atoms with Crippen LogP contribution in [-0.4, -0.2) is 11.4 Å². The summed E-state index contributed by atoms with van der Waals surface area (Å²) in [7, 11) is 0. The molecular weight excluding hydrogens is 184 g/mol. The number of aromatic hydroxyl groups is 1. The Morgan fingerprint density at radius 1 is 1.29 bits per heavy atom. The van der Waals surface area contributed by atoms with Crippen LogP contribution in [0, 0.1) is 0 Å². The summed E-state index contributed by atoms with van der Waals surface area (Å²) < 4.78 is 4.79. The van der Waals surface area contributed by atoms with Gasteiger partial charge in [-0.05, 0) is 12.1 Å². The maximum absolute atomic E-state index is 11.1. The van der Waals surface area contributed by atoms with E-state index in [1.54, 1.807) is 18.2 Å². The Labute approximate surface area is 78.4 Å². The van der Waals surface area contributed by atoms with E-state index in [-0.39, 0.29) is 11.3 Å². The molecule has 1 heterocycles. The molecule has 0 fully saturated rings. The highest BCUT2D eigenvalue weighted by Crippen LogP contribution is 2.24. The van der Waals surface area contributed by atoms with Crippen molar-refractivity contribution in [3.8, 4) is 5.75 Å². The van der Waals surface area contributed by atoms with Gasteiger partial charge >= 0.3 is 5.63 Å². The second-order valence-corrected chi connectivity index (χ2v) is 2.71. The van der Waals surface area contributed by atoms with Gasteiger partial charge in [-0.15, -0.1) is 0 Å². The fraction of sp³-hybridized carbons (Fsp3) is 0. The van der Waals surface area contributed by atoms with Crippen molar-refractivity contribution in [2.75, 3.05) is 0 Å². The standard InChI is InChI=1S/C10H5O4/c11-5-7-9(12)6-3-1-2-4-8(6)14-10(7)13/h1-4,12H. The van der Waals surface area contributed by atoms with Crippen LogP contribution in [0.5, 0.6) is 5.75 Å². The van der Waals surface area contributed by atoms with Crippen LogP contribution in [0.1, 0.15) is 5.56 Å². The van der Waals surface area contributed by atoms with Crippen molar-refractivity contribution in [3.63, 3.8) is 0 Å². The molecule has 0 atom stereocenters. The first-order chi connectivity index (χ1) is 6.74. The van der Waals surface area contributed by atoms with Crippen molar-refractivity contribution in [3.05, 3.63) is 40.2 Å². The first-order valence-electron chi connectivity index (χ1n) is 3.87. The lowest BCUT2D eigenvalue weighted by Crippen LogP contribution is -2.06. The number of hydrogen-bond donors (Lipinski definition) is 1. The maximum Gasteiger partial charge on any atom is 0.351 e. The van der Waals surface area contributed by atoms with Gasteiger partial charge in [0.2, 0.25) is 6.29 Å². The van der Waals surface area contributed by atoms with Gasteiger partial charge in [-0.1, -0.05) is 12.1 Å². The Bertz CT molecular complexity index is 554. The van der Waals surface area contributed by atoms with Gasteiger partial charge in [0.05, 0.1) is 5.39 Å². The third-order valence-corrected chi connectivity index (χ3v) is 1.89. The minimum Gasteiger partial charge on any atom is -0.506 e. The maximum atomic E-state index is 11.1. The summed E-state index contributed by atoms with van der Waals surface area (Å²) in [5.74, 6) is -0.383. The van der Waals surface area contributed by atoms with E-state index >= 15 is 0 Å². The molecule has 69 valence electrons. The molecule has 1 radical (unpaired) electrons. The van der Waals surface area contributed by atoms with Crippen LogP contribution in [0.2, 0.25) is 0 Å². The number of rotatable bonds is 1. The van der Waals surface area contributed by atoms with E-state index in [9.17, 15) is 14.7 Å². The second-order valence-electron chi connectivity index (χ2n) is 2.71. The summed E-state index contributed by atoms with van der Waals surface area (Å²) >= 11 is 0. The summed E-state index contributed by atoms with van der Waals surface area (Å²) in [6, 6.07) is 6.41. The highest BCUT2D eigenvalue weighted by atomic mass is 16.4. The predicted octanol–water partition coefficient (Wildman–Crippen LogP) is 0.956. The topological polar surface area (TPSA) is 67.5 Å². The van der Waals surface area contributed by atoms with E-state index in [2.05, 4.69) is 0 Å². The summed E-state index contributed by atoms with van der Waals surface area (Å²) in [4.78, 5) is 21.4. The molecule has 2 rings (SSSR count). The Hall–Kier alpha value is -2.10. The highest BCUT2D eigenvalue weighted by Gasteiger charge is 2.12. The molecule has 0 unspecified atom stereocenters. The lowest BCUT2D eigenvalue weighted by atomic mass is 10.1. The van der Waals surface area contributed by atoms with E-state index in [1.165, 1.54) is 12.4 Å². The van der Waals surface area contributed by atoms with Crippen molar-refractivity contribution >= 4 is 17.3 Å². The molecule has 14 heavy (non-hydrogen) atoms. The third kappa shape index (κ3) is 1.08. The molecule has 0 aliphatic carbocycles. The van der Waals surface area contributed by atoms with Crippen LogP contribution < -0.4 is 5.63 Å². The van der Waals surface area contributed by atoms with Gasteiger partial charge in [-0.2, -0.15) is 0 Å². The Morgan fingerprint density at radius 3 is 2.71 bits per heavy atom. The van der Waals surface area contributed by atoms with Crippen LogP contribution in [0.15, 0.2) is 33.5 Å². The quantitative estimate of drug-likeness (QED) is 0.678. The zero-order chi connectivity index (χ0) is 10.1. The fourth-order valence-electron chi connectivity index (χ4n) is 1.22. The van der Waals surface area contributed by atoms with Crippen molar-refractivity contribution in [1.82, 2.24) is 0 Å². The smallest absolute Gasteiger partial charge is 0.351 e. The van der Waals surface area contributed by atoms with Crippen LogP contribution in [0.3, 0.4) is 0 Å². The SMILES string of the molecule is O=[C]c1c(O)c2ccccc2oc1=O. The van der Waals surface area contributed by atoms with Crippen LogP contribution >= 0.6 is 0 Å². The summed E-state index contributed by atoms with van der Waals surface area (Å²) in [5, 5.41) is 9.83. The zero-order valence-corrected chi connectivity index (χ0v) is 6.98. The largest absolute Gasteiger partial charge is 0.506 e. The lowest BCUT2D eigenvalue weighted by Gasteiger charge is -1.99. The molecule has 0 saturated carbocycles. The number of fused-ring (bicyclic) bond motifs is 1. The van der Waals surface area contributed by atoms with E-state index in [1.807, 2.05) is 0 Å². The fourth-order valence-corrected chi connectivity index (χ4v) is 1.22. The van der Waals surface area contributed by atoms with E-state index in [0.717, 1.165) is 0 Å². The normalized spacial score (nSPS) is 10.3. The van der Waals surface area contributed by atoms with Gasteiger partial charge < -0.3 is 9.52 Å². The first-order valence-corrected chi connectivity index (χ1v) is 3.87. The summed E-state index contributed by atoms with van der Waals surface area (Å²) in [6.45, 7) is 0. The molecule has 0 aliphatic heterocycles. The monoisotopic (exact) mass is 189 g/mol. The van der Waals surface area contributed by atoms with Gasteiger partial charge in [0.1, 0.15) is 11.3 Å². The molecule has 0 spiro atoms. The molecule has 1 N–H and O–H groups in total. The van der Waals surface area contributed by atoms with Crippen molar-refractivity contribution < 1.29 is 14.3 Å². The second kappa shape index (κ2) is 2.99. The molecule has 0 amide bonds. The van der Waals surface area contributed by atoms with Gasteiger partial charge in [0.15, 0.2) is 5.56 Å². The molecule has 0 saturated heterocycles. The first kappa shape index (κ1) is 8.50. The minimum absolute atomic E-state index is 0.244. The molecule has 4 heteroatoms. The third-order valence-electron chi connectivity index (χ3n) is 1.89. The highest BCUT2D eigenvalue weighted by molar-refractivity contribution is 5.91. The Kier molecular flexibility index (Phi) is 1.81. The van der Waals surface area contributed by atoms with Crippen LogP contribution in [0.4, 0.5) is 0 Å². The molecule has 2 aromatic rings. The van der Waals surface area contributed by atoms with Gasteiger partial charge in [-0.25, -0.2) is 4.79 Å². The number of benzene rings is 1. The van der Waals surface area contributed by atoms with Gasteiger partial charge in [-0.3, -0.25) is 4.79 Å². The van der Waals surface area contributed by atoms with E-state index in [0.29, 0.717) is 5.39 Å². The predicted molar refractivity (Wildman–Crippen MR) is 48.9 cm³/mol. The minimum atomic E-state index is -0.879. The van der Waals surface area contributed by atoms with Crippen LogP contribution in [-0.2, 0) is 4.79 Å². The number of para-hydroxylation sites is 1. The molecule has 0 aliphatic rings. The Morgan fingerprint density at radius 2 is 2.00 bits per heavy atom. The molecular formula is C10H5O4. The molecule has 4 nitrogen and oxygen atoms in total. The number of hydrogen-bond acceptors (Lipinski definition) is 4. The van der Waals surface area contributed by atoms with Gasteiger partial charge in [0.25, 0.3) is 0 Å². The van der Waals surface area contributed by atoms with E-state index < -0.39 is 11.2 Å². The Balaban J connectivity index is 3.00. The van der Waals surface area contributed by atoms with Crippen LogP contribution in [0.25, 0.3) is 11.0 Å². The van der Waals surface area contributed by atoms with Crippen molar-refractivity contribution in [1.29, 1.82) is 0 Å². The van der Waals surface area contributed by atoms with Crippen molar-refractivity contribution in [2.45, 2.75) is 0 Å². The summed E-state index contributed by atoms with van der Waals surface area (Å²) in [6.07, 6.45) is 1.35. The van der Waals surface area contributed by atoms with E-state index in [4.69, 9.17) is 4.42 Å². The van der Waals surface area contributed by atoms with Crippen molar-refractivity contribution in [2.24, 2.45) is 0 Å². The van der Waals surface area contributed by atoms with Gasteiger partial charge in [0, 0.05) is 0 Å². The molecule has 1 aromatic heterocycles. The summed E-state index contributed by atoms with van der Waals surface area (Å²) in [5.41, 5.74) is -1.10. The average Bonchev–Trinajstić information content (AvgIpc) is 2.18. The zero-order valence-electron chi connectivity index (χ0n) is 6.98.